The monoisotopic (exact) mass is 456 g/mol. The average molecular weight is 456 g/mol. The van der Waals surface area contributed by atoms with Gasteiger partial charge in [-0.15, -0.1) is 0 Å². The van der Waals surface area contributed by atoms with Crippen molar-refractivity contribution >= 4 is 47.5 Å². The SMILES string of the molecule is O=C(O)CC(CCC(CC(=O)O)(C(=O)O)N1C(=O)CCC1=O)(C(=O)O)N1C(=O)CCC1=O. The summed E-state index contributed by atoms with van der Waals surface area (Å²) in [5.74, 6) is -11.3. The Morgan fingerprint density at radius 1 is 0.594 bits per heavy atom. The molecule has 2 aliphatic heterocycles. The van der Waals surface area contributed by atoms with E-state index in [1.165, 1.54) is 0 Å². The molecule has 0 spiro atoms. The number of likely N-dealkylation sites (tertiary alicyclic amines) is 2. The number of hydrogen-bond acceptors (Lipinski definition) is 8. The van der Waals surface area contributed by atoms with Crippen molar-refractivity contribution in [3.63, 3.8) is 0 Å². The van der Waals surface area contributed by atoms with E-state index in [0.29, 0.717) is 0 Å². The van der Waals surface area contributed by atoms with Crippen LogP contribution in [0.2, 0.25) is 0 Å². The van der Waals surface area contributed by atoms with E-state index >= 15 is 0 Å². The van der Waals surface area contributed by atoms with Crippen LogP contribution in [0.1, 0.15) is 51.4 Å². The van der Waals surface area contributed by atoms with Gasteiger partial charge in [0.1, 0.15) is 0 Å². The van der Waals surface area contributed by atoms with E-state index in [1.807, 2.05) is 0 Å². The summed E-state index contributed by atoms with van der Waals surface area (Å²) in [5, 5.41) is 38.2. The molecule has 4 amide bonds. The van der Waals surface area contributed by atoms with Gasteiger partial charge in [-0.2, -0.15) is 0 Å². The number of hydrogen-bond donors (Lipinski definition) is 4. The lowest BCUT2D eigenvalue weighted by Crippen LogP contribution is -2.62. The maximum atomic E-state index is 12.2. The molecule has 2 saturated heterocycles. The minimum absolute atomic E-state index is 0.241. The first-order valence-corrected chi connectivity index (χ1v) is 9.40. The Bertz CT molecular complexity index is 821. The van der Waals surface area contributed by atoms with Gasteiger partial charge in [0.2, 0.25) is 23.6 Å². The molecule has 0 aromatic heterocycles. The Labute approximate surface area is 179 Å². The van der Waals surface area contributed by atoms with Crippen LogP contribution in [0.3, 0.4) is 0 Å². The molecule has 4 N–H and O–H groups in total. The molecule has 0 radical (unpaired) electrons. The normalized spacial score (nSPS) is 20.2. The second kappa shape index (κ2) is 8.72. The van der Waals surface area contributed by atoms with E-state index < -0.39 is 110 Å². The molecule has 14 heteroatoms. The minimum Gasteiger partial charge on any atom is -0.481 e. The lowest BCUT2D eigenvalue weighted by atomic mass is 9.79. The van der Waals surface area contributed by atoms with Crippen LogP contribution in [0.15, 0.2) is 0 Å². The first-order chi connectivity index (χ1) is 14.8. The van der Waals surface area contributed by atoms with Crippen LogP contribution < -0.4 is 0 Å². The topological polar surface area (TPSA) is 224 Å². The Balaban J connectivity index is 2.61. The van der Waals surface area contributed by atoms with Crippen LogP contribution in [0.4, 0.5) is 0 Å². The van der Waals surface area contributed by atoms with Gasteiger partial charge in [0.05, 0.1) is 12.8 Å². The number of carbonyl (C=O) groups is 8. The largest absolute Gasteiger partial charge is 0.481 e. The molecule has 0 saturated carbocycles. The third-order valence-electron chi connectivity index (χ3n) is 5.59. The van der Waals surface area contributed by atoms with Crippen LogP contribution in [-0.4, -0.2) is 88.8 Å². The van der Waals surface area contributed by atoms with E-state index in [9.17, 15) is 58.8 Å². The maximum Gasteiger partial charge on any atom is 0.330 e. The average Bonchev–Trinajstić information content (AvgIpc) is 3.18. The third-order valence-corrected chi connectivity index (χ3v) is 5.59. The van der Waals surface area contributed by atoms with Crippen molar-refractivity contribution in [2.24, 2.45) is 0 Å². The molecule has 0 aromatic carbocycles. The number of carboxylic acids is 4. The number of nitrogens with zero attached hydrogens (tertiary/aromatic N) is 2. The number of carboxylic acid groups (broad SMARTS) is 4. The predicted molar refractivity (Wildman–Crippen MR) is 96.6 cm³/mol. The van der Waals surface area contributed by atoms with E-state index in [4.69, 9.17) is 0 Å². The molecule has 0 aliphatic carbocycles. The zero-order valence-electron chi connectivity index (χ0n) is 16.6. The second-order valence-corrected chi connectivity index (χ2v) is 7.56. The van der Waals surface area contributed by atoms with Crippen molar-refractivity contribution in [1.29, 1.82) is 0 Å². The molecule has 2 rings (SSSR count). The molecule has 0 bridgehead atoms. The predicted octanol–water partition coefficient (Wildman–Crippen LogP) is -1.34. The fraction of sp³-hybridized carbons (Fsp3) is 0.556. The first-order valence-electron chi connectivity index (χ1n) is 9.40. The van der Waals surface area contributed by atoms with Crippen molar-refractivity contribution in [2.75, 3.05) is 0 Å². The molecule has 14 nitrogen and oxygen atoms in total. The summed E-state index contributed by atoms with van der Waals surface area (Å²) in [6.07, 6.45) is -6.22. The summed E-state index contributed by atoms with van der Waals surface area (Å²) in [5.41, 5.74) is -5.50. The van der Waals surface area contributed by atoms with Gasteiger partial charge in [0.15, 0.2) is 11.1 Å². The number of imide groups is 2. The van der Waals surface area contributed by atoms with Crippen LogP contribution in [0.5, 0.6) is 0 Å². The fourth-order valence-corrected chi connectivity index (χ4v) is 4.14. The molecule has 2 unspecified atom stereocenters. The van der Waals surface area contributed by atoms with Crippen LogP contribution in [0.25, 0.3) is 0 Å². The number of aliphatic carboxylic acids is 4. The summed E-state index contributed by atoms with van der Waals surface area (Å²) < 4.78 is 0. The highest BCUT2D eigenvalue weighted by Gasteiger charge is 2.58. The van der Waals surface area contributed by atoms with Gasteiger partial charge in [-0.1, -0.05) is 0 Å². The van der Waals surface area contributed by atoms with Gasteiger partial charge in [0, 0.05) is 25.7 Å². The molecule has 0 aromatic rings. The van der Waals surface area contributed by atoms with Crippen molar-refractivity contribution in [2.45, 2.75) is 62.4 Å². The van der Waals surface area contributed by atoms with Gasteiger partial charge in [0.25, 0.3) is 0 Å². The fourth-order valence-electron chi connectivity index (χ4n) is 4.14. The Morgan fingerprint density at radius 2 is 0.844 bits per heavy atom. The molecule has 2 heterocycles. The highest BCUT2D eigenvalue weighted by atomic mass is 16.4. The lowest BCUT2D eigenvalue weighted by molar-refractivity contribution is -0.172. The number of carbonyl (C=O) groups excluding carboxylic acids is 4. The summed E-state index contributed by atoms with van der Waals surface area (Å²) >= 11 is 0. The number of rotatable bonds is 11. The highest BCUT2D eigenvalue weighted by Crippen LogP contribution is 2.38. The van der Waals surface area contributed by atoms with Crippen LogP contribution in [0, 0.1) is 0 Å². The van der Waals surface area contributed by atoms with Crippen molar-refractivity contribution < 1.29 is 58.8 Å². The molecule has 2 fully saturated rings. The van der Waals surface area contributed by atoms with Crippen LogP contribution in [-0.2, 0) is 38.4 Å². The smallest absolute Gasteiger partial charge is 0.330 e. The Hall–Kier alpha value is -3.84. The summed E-state index contributed by atoms with van der Waals surface area (Å²) in [7, 11) is 0. The van der Waals surface area contributed by atoms with Crippen molar-refractivity contribution in [1.82, 2.24) is 9.80 Å². The molecule has 2 aliphatic rings. The molecule has 32 heavy (non-hydrogen) atoms. The highest BCUT2D eigenvalue weighted by molar-refractivity contribution is 6.08. The number of amides is 4. The van der Waals surface area contributed by atoms with Gasteiger partial charge in [-0.3, -0.25) is 38.6 Å². The molecule has 2 atom stereocenters. The quantitative estimate of drug-likeness (QED) is 0.265. The lowest BCUT2D eigenvalue weighted by Gasteiger charge is -2.41. The van der Waals surface area contributed by atoms with E-state index in [0.717, 1.165) is 0 Å². The van der Waals surface area contributed by atoms with Gasteiger partial charge >= 0.3 is 23.9 Å². The van der Waals surface area contributed by atoms with E-state index in [2.05, 4.69) is 0 Å². The van der Waals surface area contributed by atoms with Gasteiger partial charge in [-0.25, -0.2) is 9.59 Å². The van der Waals surface area contributed by atoms with E-state index in [-0.39, 0.29) is 9.80 Å². The standard InChI is InChI=1S/C18H20N2O12/c21-9-1-2-10(22)19(9)17(15(29)30,7-13(25)26)5-6-18(16(31)32,8-14(27)28)20-11(23)3-4-12(20)24/h1-8H2,(H,25,26)(H,27,28)(H,29,30)(H,31,32). The minimum atomic E-state index is -2.75. The summed E-state index contributed by atoms with van der Waals surface area (Å²) in [6, 6.07) is 0. The Kier molecular flexibility index (Phi) is 6.66. The van der Waals surface area contributed by atoms with E-state index in [1.54, 1.807) is 0 Å². The maximum absolute atomic E-state index is 12.2. The zero-order valence-corrected chi connectivity index (χ0v) is 16.6. The van der Waals surface area contributed by atoms with Gasteiger partial charge < -0.3 is 20.4 Å². The first kappa shape index (κ1) is 24.4. The molecular formula is C18H20N2O12. The molecule has 174 valence electrons. The van der Waals surface area contributed by atoms with Crippen LogP contribution >= 0.6 is 0 Å². The van der Waals surface area contributed by atoms with Crippen molar-refractivity contribution in [3.8, 4) is 0 Å². The van der Waals surface area contributed by atoms with Gasteiger partial charge in [-0.05, 0) is 12.8 Å². The third kappa shape index (κ3) is 4.15. The second-order valence-electron chi connectivity index (χ2n) is 7.56. The zero-order chi connectivity index (χ0) is 24.4. The summed E-state index contributed by atoms with van der Waals surface area (Å²) in [4.78, 5) is 96.7. The molecular weight excluding hydrogens is 436 g/mol. The Morgan fingerprint density at radius 3 is 1.03 bits per heavy atom. The van der Waals surface area contributed by atoms with Crippen molar-refractivity contribution in [3.05, 3.63) is 0 Å². The summed E-state index contributed by atoms with van der Waals surface area (Å²) in [6.45, 7) is 0.